The lowest BCUT2D eigenvalue weighted by Gasteiger charge is -2.36. The summed E-state index contributed by atoms with van der Waals surface area (Å²) in [5.41, 5.74) is 5.41. The van der Waals surface area contributed by atoms with Crippen LogP contribution in [0.1, 0.15) is 52.4 Å². The maximum Gasteiger partial charge on any atom is 0.237 e. The number of nitrogens with zero attached hydrogens (tertiary/aromatic N) is 1. The largest absolute Gasteiger partial charge is 0.369 e. The predicted octanol–water partition coefficient (Wildman–Crippen LogP) is 1.27. The molecule has 0 bridgehead atoms. The van der Waals surface area contributed by atoms with Gasteiger partial charge in [-0.25, -0.2) is 0 Å². The van der Waals surface area contributed by atoms with Crippen molar-refractivity contribution in [2.45, 2.75) is 64.5 Å². The number of hydrogen-bond acceptors (Lipinski definition) is 3. The van der Waals surface area contributed by atoms with E-state index in [1.807, 2.05) is 6.92 Å². The number of hydrogen-bond donors (Lipinski definition) is 2. The van der Waals surface area contributed by atoms with Gasteiger partial charge in [0.1, 0.15) is 0 Å². The fraction of sp³-hybridized carbons (Fsp3) is 0.875. The van der Waals surface area contributed by atoms with Crippen molar-refractivity contribution in [3.05, 3.63) is 0 Å². The fourth-order valence-electron chi connectivity index (χ4n) is 3.59. The van der Waals surface area contributed by atoms with Crippen LogP contribution in [0.15, 0.2) is 0 Å². The summed E-state index contributed by atoms with van der Waals surface area (Å²) in [5, 5.41) is 3.21. The molecule has 1 aliphatic carbocycles. The Kier molecular flexibility index (Phi) is 5.62. The minimum Gasteiger partial charge on any atom is -0.369 e. The highest BCUT2D eigenvalue weighted by molar-refractivity contribution is 5.82. The lowest BCUT2D eigenvalue weighted by Crippen LogP contribution is -2.53. The van der Waals surface area contributed by atoms with E-state index in [2.05, 4.69) is 17.1 Å². The van der Waals surface area contributed by atoms with E-state index in [4.69, 9.17) is 5.73 Å². The second-order valence-corrected chi connectivity index (χ2v) is 6.79. The molecule has 2 fully saturated rings. The predicted molar refractivity (Wildman–Crippen MR) is 82.5 cm³/mol. The SMILES string of the molecule is C[C@H](C(=O)N[C@@H]1CCCC[C@@H]1C)N1CCC[C@H](C(N)=O)C1. The van der Waals surface area contributed by atoms with Gasteiger partial charge in [0, 0.05) is 12.6 Å². The molecular weight excluding hydrogens is 266 g/mol. The van der Waals surface area contributed by atoms with Crippen LogP contribution < -0.4 is 11.1 Å². The molecule has 2 rings (SSSR count). The Hall–Kier alpha value is -1.10. The summed E-state index contributed by atoms with van der Waals surface area (Å²) in [6, 6.07) is 0.131. The van der Waals surface area contributed by atoms with E-state index in [0.717, 1.165) is 25.8 Å². The first-order valence-electron chi connectivity index (χ1n) is 8.32. The van der Waals surface area contributed by atoms with Crippen LogP contribution in [0, 0.1) is 11.8 Å². The van der Waals surface area contributed by atoms with Gasteiger partial charge in [-0.1, -0.05) is 19.8 Å². The van der Waals surface area contributed by atoms with Crippen molar-refractivity contribution in [3.8, 4) is 0 Å². The van der Waals surface area contributed by atoms with Crippen LogP contribution in [0.3, 0.4) is 0 Å². The lowest BCUT2D eigenvalue weighted by atomic mass is 9.86. The summed E-state index contributed by atoms with van der Waals surface area (Å²) in [6.07, 6.45) is 6.55. The molecule has 0 radical (unpaired) electrons. The minimum absolute atomic E-state index is 0.0962. The third kappa shape index (κ3) is 4.19. The Bertz CT molecular complexity index is 386. The van der Waals surface area contributed by atoms with Gasteiger partial charge in [-0.3, -0.25) is 14.5 Å². The first kappa shape index (κ1) is 16.3. The Labute approximate surface area is 127 Å². The second-order valence-electron chi connectivity index (χ2n) is 6.79. The molecule has 3 N–H and O–H groups in total. The van der Waals surface area contributed by atoms with Gasteiger partial charge in [0.15, 0.2) is 0 Å². The van der Waals surface area contributed by atoms with Gasteiger partial charge >= 0.3 is 0 Å². The summed E-state index contributed by atoms with van der Waals surface area (Å²) in [6.45, 7) is 5.65. The third-order valence-electron chi connectivity index (χ3n) is 5.22. The van der Waals surface area contributed by atoms with Crippen LogP contribution in [0.2, 0.25) is 0 Å². The van der Waals surface area contributed by atoms with Gasteiger partial charge < -0.3 is 11.1 Å². The first-order valence-corrected chi connectivity index (χ1v) is 8.32. The van der Waals surface area contributed by atoms with E-state index in [1.54, 1.807) is 0 Å². The number of amides is 2. The molecule has 2 amide bonds. The van der Waals surface area contributed by atoms with E-state index in [-0.39, 0.29) is 23.8 Å². The molecule has 2 aliphatic rings. The topological polar surface area (TPSA) is 75.4 Å². The van der Waals surface area contributed by atoms with Crippen LogP contribution in [-0.4, -0.2) is 41.9 Å². The van der Waals surface area contributed by atoms with E-state index in [0.29, 0.717) is 18.5 Å². The molecule has 1 saturated heterocycles. The van der Waals surface area contributed by atoms with Crippen molar-refractivity contribution in [1.82, 2.24) is 10.2 Å². The fourth-order valence-corrected chi connectivity index (χ4v) is 3.59. The van der Waals surface area contributed by atoms with Crippen LogP contribution in [-0.2, 0) is 9.59 Å². The molecular formula is C16H29N3O2. The van der Waals surface area contributed by atoms with Crippen LogP contribution in [0.4, 0.5) is 0 Å². The molecule has 5 nitrogen and oxygen atoms in total. The maximum atomic E-state index is 12.5. The van der Waals surface area contributed by atoms with Gasteiger partial charge in [0.05, 0.1) is 12.0 Å². The summed E-state index contributed by atoms with van der Waals surface area (Å²) in [4.78, 5) is 25.9. The van der Waals surface area contributed by atoms with Crippen molar-refractivity contribution in [3.63, 3.8) is 0 Å². The lowest BCUT2D eigenvalue weighted by molar-refractivity contribution is -0.130. The van der Waals surface area contributed by atoms with Crippen molar-refractivity contribution >= 4 is 11.8 Å². The number of nitrogens with two attached hydrogens (primary N) is 1. The quantitative estimate of drug-likeness (QED) is 0.820. The Balaban J connectivity index is 1.87. The number of primary amides is 1. The van der Waals surface area contributed by atoms with Crippen molar-refractivity contribution in [2.24, 2.45) is 17.6 Å². The van der Waals surface area contributed by atoms with Crippen molar-refractivity contribution in [1.29, 1.82) is 0 Å². The van der Waals surface area contributed by atoms with E-state index in [9.17, 15) is 9.59 Å². The highest BCUT2D eigenvalue weighted by Crippen LogP contribution is 2.24. The van der Waals surface area contributed by atoms with E-state index < -0.39 is 0 Å². The van der Waals surface area contributed by atoms with Crippen molar-refractivity contribution in [2.75, 3.05) is 13.1 Å². The van der Waals surface area contributed by atoms with E-state index in [1.165, 1.54) is 19.3 Å². The molecule has 0 aromatic carbocycles. The number of piperidine rings is 1. The minimum atomic E-state index is -0.242. The highest BCUT2D eigenvalue weighted by atomic mass is 16.2. The summed E-state index contributed by atoms with van der Waals surface area (Å²) < 4.78 is 0. The zero-order chi connectivity index (χ0) is 15.4. The third-order valence-corrected chi connectivity index (χ3v) is 5.22. The zero-order valence-electron chi connectivity index (χ0n) is 13.3. The standard InChI is InChI=1S/C16H29N3O2/c1-11-6-3-4-8-14(11)18-16(21)12(2)19-9-5-7-13(10-19)15(17)20/h11-14H,3-10H2,1-2H3,(H2,17,20)(H,18,21)/t11-,12+,13-,14+/m0/s1. The smallest absolute Gasteiger partial charge is 0.237 e. The molecule has 5 heteroatoms. The van der Waals surface area contributed by atoms with Crippen molar-refractivity contribution < 1.29 is 9.59 Å². The summed E-state index contributed by atoms with van der Waals surface area (Å²) in [7, 11) is 0. The molecule has 0 aromatic heterocycles. The average Bonchev–Trinajstić information content (AvgIpc) is 2.49. The molecule has 1 aliphatic heterocycles. The normalized spacial score (nSPS) is 32.4. The summed E-state index contributed by atoms with van der Waals surface area (Å²) >= 11 is 0. The summed E-state index contributed by atoms with van der Waals surface area (Å²) in [5.74, 6) is 0.310. The molecule has 1 heterocycles. The van der Waals surface area contributed by atoms with Crippen LogP contribution in [0.25, 0.3) is 0 Å². The van der Waals surface area contributed by atoms with Gasteiger partial charge in [-0.2, -0.15) is 0 Å². The first-order chi connectivity index (χ1) is 9.99. The number of rotatable bonds is 4. The molecule has 1 saturated carbocycles. The second kappa shape index (κ2) is 7.25. The maximum absolute atomic E-state index is 12.5. The molecule has 0 unspecified atom stereocenters. The Morgan fingerprint density at radius 3 is 2.57 bits per heavy atom. The van der Waals surface area contributed by atoms with Crippen LogP contribution >= 0.6 is 0 Å². The number of carbonyl (C=O) groups is 2. The number of carbonyl (C=O) groups excluding carboxylic acids is 2. The van der Waals surface area contributed by atoms with Crippen LogP contribution in [0.5, 0.6) is 0 Å². The average molecular weight is 295 g/mol. The van der Waals surface area contributed by atoms with Gasteiger partial charge in [0.2, 0.25) is 11.8 Å². The van der Waals surface area contributed by atoms with E-state index >= 15 is 0 Å². The molecule has 0 aromatic rings. The van der Waals surface area contributed by atoms with Gasteiger partial charge in [-0.05, 0) is 45.1 Å². The number of likely N-dealkylation sites (tertiary alicyclic amines) is 1. The molecule has 120 valence electrons. The molecule has 21 heavy (non-hydrogen) atoms. The molecule has 0 spiro atoms. The molecule has 4 atom stereocenters. The van der Waals surface area contributed by atoms with Gasteiger partial charge in [-0.15, -0.1) is 0 Å². The van der Waals surface area contributed by atoms with Gasteiger partial charge in [0.25, 0.3) is 0 Å². The number of nitrogens with one attached hydrogen (secondary N) is 1. The zero-order valence-corrected chi connectivity index (χ0v) is 13.3. The monoisotopic (exact) mass is 295 g/mol. The Morgan fingerprint density at radius 1 is 1.19 bits per heavy atom. The Morgan fingerprint density at radius 2 is 1.90 bits per heavy atom. The highest BCUT2D eigenvalue weighted by Gasteiger charge is 2.31.